The van der Waals surface area contributed by atoms with Crippen LogP contribution >= 0.6 is 0 Å². The van der Waals surface area contributed by atoms with Gasteiger partial charge in [-0.3, -0.25) is 4.79 Å². The first kappa shape index (κ1) is 13.2. The van der Waals surface area contributed by atoms with Crippen molar-refractivity contribution in [3.05, 3.63) is 23.3 Å². The van der Waals surface area contributed by atoms with E-state index in [1.807, 2.05) is 0 Å². The van der Waals surface area contributed by atoms with E-state index in [9.17, 15) is 4.79 Å². The first-order chi connectivity index (χ1) is 7.40. The molecule has 1 rings (SSSR count). The molecule has 1 aliphatic carbocycles. The third-order valence-electron chi connectivity index (χ3n) is 2.79. The largest absolute Gasteiger partial charge is 0.289 e. The molecule has 0 amide bonds. The molecule has 1 nitrogen and oxygen atoms in total. The van der Waals surface area contributed by atoms with Gasteiger partial charge in [0.2, 0.25) is 0 Å². The van der Waals surface area contributed by atoms with Crippen LogP contribution in [0.2, 0.25) is 0 Å². The molecule has 0 aromatic carbocycles. The van der Waals surface area contributed by atoms with Gasteiger partial charge in [-0.1, -0.05) is 46.8 Å². The van der Waals surface area contributed by atoms with Gasteiger partial charge in [0, 0.05) is 0 Å². The Morgan fingerprint density at radius 3 is 1.69 bits per heavy atom. The van der Waals surface area contributed by atoms with E-state index >= 15 is 0 Å². The van der Waals surface area contributed by atoms with E-state index in [4.69, 9.17) is 0 Å². The van der Waals surface area contributed by atoms with Crippen molar-refractivity contribution in [3.8, 4) is 0 Å². The number of carbonyl (C=O) groups excluding carboxylic acids is 1. The average molecular weight is 220 g/mol. The van der Waals surface area contributed by atoms with Crippen LogP contribution in [0.5, 0.6) is 0 Å². The normalized spacial score (nSPS) is 27.4. The van der Waals surface area contributed by atoms with Crippen molar-refractivity contribution in [2.24, 2.45) is 17.8 Å². The maximum absolute atomic E-state index is 12.2. The van der Waals surface area contributed by atoms with Gasteiger partial charge >= 0.3 is 0 Å². The minimum Gasteiger partial charge on any atom is -0.289 e. The van der Waals surface area contributed by atoms with E-state index in [-0.39, 0.29) is 0 Å². The van der Waals surface area contributed by atoms with Gasteiger partial charge in [0.05, 0.1) is 0 Å². The van der Waals surface area contributed by atoms with E-state index in [2.05, 4.69) is 46.8 Å². The van der Waals surface area contributed by atoms with Crippen LogP contribution in [-0.2, 0) is 4.79 Å². The molecule has 1 aliphatic rings. The van der Waals surface area contributed by atoms with Crippen LogP contribution in [0, 0.1) is 17.8 Å². The summed E-state index contributed by atoms with van der Waals surface area (Å²) >= 11 is 0. The summed E-state index contributed by atoms with van der Waals surface area (Å²) in [6.07, 6.45) is 6.16. The van der Waals surface area contributed by atoms with E-state index in [0.29, 0.717) is 23.5 Å². The van der Waals surface area contributed by atoms with E-state index < -0.39 is 0 Å². The molecule has 0 spiro atoms. The smallest absolute Gasteiger partial charge is 0.184 e. The third kappa shape index (κ3) is 3.62. The Bertz CT molecular complexity index is 288. The number of Topliss-reactive ketones (excluding diaryl/α,β-unsaturated/α-hetero) is 1. The Balaban J connectivity index is 2.95. The zero-order valence-corrected chi connectivity index (χ0v) is 11.2. The molecule has 90 valence electrons. The van der Waals surface area contributed by atoms with Gasteiger partial charge in [-0.2, -0.15) is 0 Å². The molecular formula is C15H24O. The van der Waals surface area contributed by atoms with Crippen molar-refractivity contribution < 1.29 is 4.79 Å². The number of hydrogen-bond acceptors (Lipinski definition) is 1. The highest BCUT2D eigenvalue weighted by Crippen LogP contribution is 2.30. The number of ketones is 1. The Morgan fingerprint density at radius 1 is 1.00 bits per heavy atom. The van der Waals surface area contributed by atoms with E-state index in [1.54, 1.807) is 0 Å². The summed E-state index contributed by atoms with van der Waals surface area (Å²) in [7, 11) is 0. The van der Waals surface area contributed by atoms with Crippen LogP contribution in [0.15, 0.2) is 23.3 Å². The number of carbonyl (C=O) groups is 1. The number of allylic oxidation sites excluding steroid dienone is 4. The maximum atomic E-state index is 12.2. The summed E-state index contributed by atoms with van der Waals surface area (Å²) in [5.74, 6) is 1.82. The van der Waals surface area contributed by atoms with Crippen LogP contribution in [0.3, 0.4) is 0 Å². The highest BCUT2D eigenvalue weighted by Gasteiger charge is 2.25. The van der Waals surface area contributed by atoms with Crippen LogP contribution < -0.4 is 0 Å². The lowest BCUT2D eigenvalue weighted by atomic mass is 9.80. The third-order valence-corrected chi connectivity index (χ3v) is 2.79. The summed E-state index contributed by atoms with van der Waals surface area (Å²) in [5.41, 5.74) is 2.06. The van der Waals surface area contributed by atoms with Gasteiger partial charge in [0.15, 0.2) is 5.78 Å². The molecule has 0 aromatic rings. The molecule has 0 bridgehead atoms. The van der Waals surface area contributed by atoms with Crippen molar-refractivity contribution in [2.45, 2.75) is 47.5 Å². The van der Waals surface area contributed by atoms with Crippen molar-refractivity contribution >= 4 is 5.78 Å². The summed E-state index contributed by atoms with van der Waals surface area (Å²) in [5, 5.41) is 0. The highest BCUT2D eigenvalue weighted by atomic mass is 16.1. The lowest BCUT2D eigenvalue weighted by molar-refractivity contribution is -0.113. The molecule has 0 aliphatic heterocycles. The van der Waals surface area contributed by atoms with Crippen molar-refractivity contribution in [1.82, 2.24) is 0 Å². The lowest BCUT2D eigenvalue weighted by Crippen LogP contribution is -2.19. The molecule has 0 atom stereocenters. The monoisotopic (exact) mass is 220 g/mol. The van der Waals surface area contributed by atoms with Crippen LogP contribution in [-0.4, -0.2) is 5.78 Å². The van der Waals surface area contributed by atoms with Gasteiger partial charge in [-0.15, -0.1) is 0 Å². The Hall–Kier alpha value is -0.850. The second-order valence-corrected chi connectivity index (χ2v) is 5.71. The van der Waals surface area contributed by atoms with Gasteiger partial charge in [0.25, 0.3) is 0 Å². The predicted octanol–water partition coefficient (Wildman–Crippen LogP) is 4.15. The second kappa shape index (κ2) is 5.47. The van der Waals surface area contributed by atoms with Gasteiger partial charge in [-0.05, 0) is 41.7 Å². The molecular weight excluding hydrogens is 196 g/mol. The molecule has 0 N–H and O–H groups in total. The fraction of sp³-hybridized carbons (Fsp3) is 0.667. The average Bonchev–Trinajstić information content (AvgIpc) is 2.11. The molecule has 16 heavy (non-hydrogen) atoms. The van der Waals surface area contributed by atoms with E-state index in [0.717, 1.165) is 24.0 Å². The number of rotatable bonds is 2. The Morgan fingerprint density at radius 2 is 1.38 bits per heavy atom. The van der Waals surface area contributed by atoms with Crippen LogP contribution in [0.1, 0.15) is 47.5 Å². The van der Waals surface area contributed by atoms with Gasteiger partial charge < -0.3 is 0 Å². The zero-order valence-electron chi connectivity index (χ0n) is 11.2. The van der Waals surface area contributed by atoms with Crippen molar-refractivity contribution in [1.29, 1.82) is 0 Å². The lowest BCUT2D eigenvalue weighted by Gasteiger charge is -2.23. The molecule has 1 saturated carbocycles. The SMILES string of the molecule is CC(C)/C=C1\CC(C)C/C(=C\C(C)C)C1=O. The Labute approximate surface area is 99.6 Å². The van der Waals surface area contributed by atoms with Crippen molar-refractivity contribution in [3.63, 3.8) is 0 Å². The summed E-state index contributed by atoms with van der Waals surface area (Å²) < 4.78 is 0. The molecule has 0 unspecified atom stereocenters. The second-order valence-electron chi connectivity index (χ2n) is 5.71. The summed E-state index contributed by atoms with van der Waals surface area (Å²) in [6.45, 7) is 10.8. The maximum Gasteiger partial charge on any atom is 0.184 e. The predicted molar refractivity (Wildman–Crippen MR) is 69.2 cm³/mol. The Kier molecular flexibility index (Phi) is 4.52. The molecule has 0 saturated heterocycles. The zero-order chi connectivity index (χ0) is 12.3. The van der Waals surface area contributed by atoms with Crippen molar-refractivity contribution in [2.75, 3.05) is 0 Å². The number of hydrogen-bond donors (Lipinski definition) is 0. The standard InChI is InChI=1S/C15H24O/c1-10(2)6-13-8-12(5)9-14(15(13)16)7-11(3)4/h6-7,10-12H,8-9H2,1-5H3/b13-6+,14-7+. The molecule has 0 aromatic heterocycles. The van der Waals surface area contributed by atoms with E-state index in [1.165, 1.54) is 0 Å². The first-order valence-electron chi connectivity index (χ1n) is 6.36. The van der Waals surface area contributed by atoms with Crippen LogP contribution in [0.25, 0.3) is 0 Å². The topological polar surface area (TPSA) is 17.1 Å². The minimum absolute atomic E-state index is 0.292. The molecule has 1 heteroatoms. The quantitative estimate of drug-likeness (QED) is 0.639. The minimum atomic E-state index is 0.292. The van der Waals surface area contributed by atoms with Gasteiger partial charge in [0.1, 0.15) is 0 Å². The fourth-order valence-electron chi connectivity index (χ4n) is 2.31. The molecule has 0 radical (unpaired) electrons. The molecule has 1 fully saturated rings. The first-order valence-corrected chi connectivity index (χ1v) is 6.36. The highest BCUT2D eigenvalue weighted by molar-refractivity contribution is 6.09. The molecule has 0 heterocycles. The van der Waals surface area contributed by atoms with Crippen LogP contribution in [0.4, 0.5) is 0 Å². The summed E-state index contributed by atoms with van der Waals surface area (Å²) in [6, 6.07) is 0. The van der Waals surface area contributed by atoms with Gasteiger partial charge in [-0.25, -0.2) is 0 Å². The summed E-state index contributed by atoms with van der Waals surface area (Å²) in [4.78, 5) is 12.2. The fourth-order valence-corrected chi connectivity index (χ4v) is 2.31.